The highest BCUT2D eigenvalue weighted by Crippen LogP contribution is 1.98. The summed E-state index contributed by atoms with van der Waals surface area (Å²) in [7, 11) is -3.36. The molecular formula is C8H17NO5S. The SMILES string of the molecule is CC(C)CS(=O)(=O)NCCC(O)C(=O)O. The first-order valence-corrected chi connectivity index (χ1v) is 6.28. The molecule has 90 valence electrons. The van der Waals surface area contributed by atoms with E-state index in [9.17, 15) is 13.2 Å². The average Bonchev–Trinajstić information content (AvgIpc) is 2.00. The van der Waals surface area contributed by atoms with Crippen LogP contribution in [0.5, 0.6) is 0 Å². The Hall–Kier alpha value is -0.660. The number of aliphatic hydroxyl groups excluding tert-OH is 1. The summed E-state index contributed by atoms with van der Waals surface area (Å²) in [6.07, 6.45) is -1.65. The minimum absolute atomic E-state index is 0.00380. The van der Waals surface area contributed by atoms with Gasteiger partial charge < -0.3 is 10.2 Å². The molecule has 0 aromatic carbocycles. The topological polar surface area (TPSA) is 104 Å². The van der Waals surface area contributed by atoms with Gasteiger partial charge in [0.25, 0.3) is 0 Å². The quantitative estimate of drug-likeness (QED) is 0.550. The molecule has 15 heavy (non-hydrogen) atoms. The lowest BCUT2D eigenvalue weighted by atomic mass is 10.3. The normalized spacial score (nSPS) is 14.1. The standard InChI is InChI=1S/C8H17NO5S/c1-6(2)5-15(13,14)9-4-3-7(10)8(11)12/h6-7,9-10H,3-5H2,1-2H3,(H,11,12). The zero-order valence-corrected chi connectivity index (χ0v) is 9.62. The van der Waals surface area contributed by atoms with Crippen molar-refractivity contribution < 1.29 is 23.4 Å². The molecule has 0 aromatic rings. The van der Waals surface area contributed by atoms with Crippen molar-refractivity contribution in [3.05, 3.63) is 0 Å². The molecule has 0 rings (SSSR count). The van der Waals surface area contributed by atoms with Crippen LogP contribution in [0.1, 0.15) is 20.3 Å². The Morgan fingerprint density at radius 2 is 1.93 bits per heavy atom. The van der Waals surface area contributed by atoms with Crippen molar-refractivity contribution in [3.63, 3.8) is 0 Å². The van der Waals surface area contributed by atoms with Crippen LogP contribution in [0.2, 0.25) is 0 Å². The van der Waals surface area contributed by atoms with Gasteiger partial charge in [-0.1, -0.05) is 13.8 Å². The van der Waals surface area contributed by atoms with Gasteiger partial charge in [-0.25, -0.2) is 17.9 Å². The lowest BCUT2D eigenvalue weighted by molar-refractivity contribution is -0.146. The fourth-order valence-corrected chi connectivity index (χ4v) is 2.40. The molecule has 0 saturated heterocycles. The van der Waals surface area contributed by atoms with Crippen molar-refractivity contribution in [3.8, 4) is 0 Å². The number of hydrogen-bond acceptors (Lipinski definition) is 4. The van der Waals surface area contributed by atoms with Gasteiger partial charge in [0, 0.05) is 6.54 Å². The van der Waals surface area contributed by atoms with E-state index in [1.807, 2.05) is 0 Å². The fraction of sp³-hybridized carbons (Fsp3) is 0.875. The Morgan fingerprint density at radius 1 is 1.40 bits per heavy atom. The van der Waals surface area contributed by atoms with Gasteiger partial charge in [-0.15, -0.1) is 0 Å². The highest BCUT2D eigenvalue weighted by molar-refractivity contribution is 7.89. The van der Waals surface area contributed by atoms with E-state index in [4.69, 9.17) is 10.2 Å². The van der Waals surface area contributed by atoms with Crippen LogP contribution in [0, 0.1) is 5.92 Å². The van der Waals surface area contributed by atoms with Crippen molar-refractivity contribution in [2.45, 2.75) is 26.4 Å². The number of sulfonamides is 1. The summed E-state index contributed by atoms with van der Waals surface area (Å²) in [5.41, 5.74) is 0. The van der Waals surface area contributed by atoms with E-state index in [0.29, 0.717) is 0 Å². The van der Waals surface area contributed by atoms with E-state index in [1.54, 1.807) is 13.8 Å². The average molecular weight is 239 g/mol. The molecule has 0 amide bonds. The summed E-state index contributed by atoms with van der Waals surface area (Å²) in [5.74, 6) is -1.35. The lowest BCUT2D eigenvalue weighted by Gasteiger charge is -2.09. The molecule has 1 atom stereocenters. The largest absolute Gasteiger partial charge is 0.479 e. The second-order valence-corrected chi connectivity index (χ2v) is 5.56. The van der Waals surface area contributed by atoms with E-state index in [0.717, 1.165) is 0 Å². The number of hydrogen-bond donors (Lipinski definition) is 3. The molecule has 0 aliphatic rings. The first kappa shape index (κ1) is 14.3. The highest BCUT2D eigenvalue weighted by atomic mass is 32.2. The van der Waals surface area contributed by atoms with E-state index in [1.165, 1.54) is 0 Å². The summed E-state index contributed by atoms with van der Waals surface area (Å²) >= 11 is 0. The van der Waals surface area contributed by atoms with E-state index in [-0.39, 0.29) is 24.6 Å². The maximum absolute atomic E-state index is 11.3. The van der Waals surface area contributed by atoms with Crippen LogP contribution in [0.15, 0.2) is 0 Å². The molecule has 0 radical (unpaired) electrons. The van der Waals surface area contributed by atoms with Crippen molar-refractivity contribution in [2.75, 3.05) is 12.3 Å². The van der Waals surface area contributed by atoms with E-state index >= 15 is 0 Å². The molecule has 0 aliphatic heterocycles. The zero-order chi connectivity index (χ0) is 12.1. The van der Waals surface area contributed by atoms with E-state index in [2.05, 4.69) is 4.72 Å². The summed E-state index contributed by atoms with van der Waals surface area (Å²) in [6.45, 7) is 3.47. The van der Waals surface area contributed by atoms with Crippen molar-refractivity contribution >= 4 is 16.0 Å². The first-order chi connectivity index (χ1) is 6.74. The minimum Gasteiger partial charge on any atom is -0.479 e. The van der Waals surface area contributed by atoms with Crippen LogP contribution in [0.25, 0.3) is 0 Å². The number of aliphatic carboxylic acids is 1. The summed E-state index contributed by atoms with van der Waals surface area (Å²) < 4.78 is 24.7. The molecule has 0 aliphatic carbocycles. The third kappa shape index (κ3) is 7.29. The first-order valence-electron chi connectivity index (χ1n) is 4.63. The zero-order valence-electron chi connectivity index (χ0n) is 8.80. The lowest BCUT2D eigenvalue weighted by Crippen LogP contribution is -2.32. The summed E-state index contributed by atoms with van der Waals surface area (Å²) in [5, 5.41) is 17.2. The molecular weight excluding hydrogens is 222 g/mol. The van der Waals surface area contributed by atoms with E-state index < -0.39 is 22.1 Å². The molecule has 0 saturated carbocycles. The maximum Gasteiger partial charge on any atom is 0.332 e. The van der Waals surface area contributed by atoms with Gasteiger partial charge in [-0.2, -0.15) is 0 Å². The van der Waals surface area contributed by atoms with Crippen LogP contribution in [-0.4, -0.2) is 43.0 Å². The van der Waals surface area contributed by atoms with Crippen LogP contribution in [-0.2, 0) is 14.8 Å². The number of nitrogens with one attached hydrogen (secondary N) is 1. The van der Waals surface area contributed by atoms with Crippen LogP contribution in [0.4, 0.5) is 0 Å². The molecule has 6 nitrogen and oxygen atoms in total. The van der Waals surface area contributed by atoms with Gasteiger partial charge >= 0.3 is 5.97 Å². The van der Waals surface area contributed by atoms with Gasteiger partial charge in [0.15, 0.2) is 6.10 Å². The van der Waals surface area contributed by atoms with Gasteiger partial charge in [0.05, 0.1) is 5.75 Å². The minimum atomic E-state index is -3.36. The van der Waals surface area contributed by atoms with Gasteiger partial charge in [-0.3, -0.25) is 0 Å². The third-order valence-electron chi connectivity index (χ3n) is 1.58. The van der Waals surface area contributed by atoms with Crippen LogP contribution >= 0.6 is 0 Å². The number of carbonyl (C=O) groups is 1. The predicted octanol–water partition coefficient (Wildman–Crippen LogP) is -0.603. The number of aliphatic hydroxyl groups is 1. The Morgan fingerprint density at radius 3 is 2.33 bits per heavy atom. The Labute approximate surface area is 89.4 Å². The highest BCUT2D eigenvalue weighted by Gasteiger charge is 2.16. The second-order valence-electron chi connectivity index (χ2n) is 3.71. The fourth-order valence-electron chi connectivity index (χ4n) is 0.972. The summed E-state index contributed by atoms with van der Waals surface area (Å²) in [4.78, 5) is 10.2. The second kappa shape index (κ2) is 6.04. The molecule has 0 spiro atoms. The summed E-state index contributed by atoms with van der Waals surface area (Å²) in [6, 6.07) is 0. The number of carboxylic acids is 1. The Balaban J connectivity index is 3.91. The third-order valence-corrected chi connectivity index (χ3v) is 3.33. The molecule has 0 bridgehead atoms. The van der Waals surface area contributed by atoms with Gasteiger partial charge in [0.1, 0.15) is 0 Å². The molecule has 0 fully saturated rings. The van der Waals surface area contributed by atoms with Gasteiger partial charge in [0.2, 0.25) is 10.0 Å². The monoisotopic (exact) mass is 239 g/mol. The Kier molecular flexibility index (Phi) is 5.77. The van der Waals surface area contributed by atoms with Crippen molar-refractivity contribution in [1.29, 1.82) is 0 Å². The predicted molar refractivity (Wildman–Crippen MR) is 54.9 cm³/mol. The van der Waals surface area contributed by atoms with Crippen LogP contribution < -0.4 is 4.72 Å². The molecule has 1 unspecified atom stereocenters. The smallest absolute Gasteiger partial charge is 0.332 e. The molecule has 0 aromatic heterocycles. The Bertz CT molecular complexity index is 298. The molecule has 3 N–H and O–H groups in total. The number of rotatable bonds is 7. The van der Waals surface area contributed by atoms with Gasteiger partial charge in [-0.05, 0) is 12.3 Å². The number of carboxylic acid groups (broad SMARTS) is 1. The maximum atomic E-state index is 11.3. The van der Waals surface area contributed by atoms with Crippen LogP contribution in [0.3, 0.4) is 0 Å². The molecule has 0 heterocycles. The molecule has 7 heteroatoms. The van der Waals surface area contributed by atoms with Crippen molar-refractivity contribution in [1.82, 2.24) is 4.72 Å². The van der Waals surface area contributed by atoms with Crippen molar-refractivity contribution in [2.24, 2.45) is 5.92 Å².